The first-order valence-electron chi connectivity index (χ1n) is 6.64. The van der Waals surface area contributed by atoms with Gasteiger partial charge in [0.1, 0.15) is 0 Å². The molecule has 0 bridgehead atoms. The molecule has 0 saturated heterocycles. The van der Waals surface area contributed by atoms with Gasteiger partial charge in [-0.3, -0.25) is 0 Å². The van der Waals surface area contributed by atoms with Gasteiger partial charge in [0.2, 0.25) is 15.5 Å². The van der Waals surface area contributed by atoms with E-state index < -0.39 is 15.5 Å². The minimum absolute atomic E-state index is 0.729. The van der Waals surface area contributed by atoms with E-state index in [0.717, 1.165) is 19.4 Å². The summed E-state index contributed by atoms with van der Waals surface area (Å²) in [5.74, 6) is 0. The molecule has 0 aromatic heterocycles. The Balaban J connectivity index is 2.31. The van der Waals surface area contributed by atoms with Crippen molar-refractivity contribution >= 4 is 10.0 Å². The zero-order chi connectivity index (χ0) is 13.6. The van der Waals surface area contributed by atoms with Gasteiger partial charge < -0.3 is 9.80 Å². The number of primary sulfonamides is 1. The maximum absolute atomic E-state index is 11.5. The summed E-state index contributed by atoms with van der Waals surface area (Å²) in [5.41, 5.74) is -0.729. The Morgan fingerprint density at radius 3 is 2.33 bits per heavy atom. The number of rotatable bonds is 8. The van der Waals surface area contributed by atoms with Crippen LogP contribution in [0.5, 0.6) is 0 Å². The van der Waals surface area contributed by atoms with Gasteiger partial charge in [-0.15, -0.1) is 0 Å². The Labute approximate surface area is 111 Å². The summed E-state index contributed by atoms with van der Waals surface area (Å²) in [6, 6.07) is 0. The van der Waals surface area contributed by atoms with Gasteiger partial charge in [-0.05, 0) is 6.42 Å². The van der Waals surface area contributed by atoms with Gasteiger partial charge in [0, 0.05) is 26.0 Å². The van der Waals surface area contributed by atoms with Crippen LogP contribution in [0, 0.1) is 0 Å². The van der Waals surface area contributed by atoms with Crippen molar-refractivity contribution < 1.29 is 8.42 Å². The third kappa shape index (κ3) is 4.49. The summed E-state index contributed by atoms with van der Waals surface area (Å²) in [6.45, 7) is 2.94. The maximum Gasteiger partial charge on any atom is 0.249 e. The van der Waals surface area contributed by atoms with E-state index in [0.29, 0.717) is 0 Å². The lowest BCUT2D eigenvalue weighted by molar-refractivity contribution is 0.244. The average molecular weight is 275 g/mol. The fourth-order valence-corrected chi connectivity index (χ4v) is 3.34. The molecule has 0 aromatic rings. The average Bonchev–Trinajstić information content (AvgIpc) is 2.64. The zero-order valence-corrected chi connectivity index (χ0v) is 12.2. The van der Waals surface area contributed by atoms with E-state index in [9.17, 15) is 8.42 Å². The molecule has 18 heavy (non-hydrogen) atoms. The third-order valence-electron chi connectivity index (χ3n) is 3.19. The lowest BCUT2D eigenvalue weighted by Crippen LogP contribution is -2.46. The highest BCUT2D eigenvalue weighted by Gasteiger charge is 2.32. The predicted octanol–water partition coefficient (Wildman–Crippen LogP) is 1.64. The fraction of sp³-hybridized carbons (Fsp3) is 0.833. The molecule has 0 radical (unpaired) electrons. The Morgan fingerprint density at radius 1 is 1.11 bits per heavy atom. The van der Waals surface area contributed by atoms with E-state index in [2.05, 4.69) is 6.92 Å². The van der Waals surface area contributed by atoms with Crippen molar-refractivity contribution in [3.63, 3.8) is 0 Å². The molecule has 1 aliphatic heterocycles. The molecule has 106 valence electrons. The summed E-state index contributed by atoms with van der Waals surface area (Å²) in [7, 11) is -1.83. The largest absolute Gasteiger partial charge is 0.346 e. The molecule has 1 unspecified atom stereocenters. The lowest BCUT2D eigenvalue weighted by Gasteiger charge is -2.28. The molecule has 1 atom stereocenters. The highest BCUT2D eigenvalue weighted by atomic mass is 32.2. The lowest BCUT2D eigenvalue weighted by atomic mass is 10.1. The molecule has 0 amide bonds. The number of hydrogen-bond donors (Lipinski definition) is 1. The maximum atomic E-state index is 11.5. The molecule has 2 N–H and O–H groups in total. The minimum atomic E-state index is -3.56. The number of nitrogens with two attached hydrogens (primary N) is 1. The van der Waals surface area contributed by atoms with Crippen LogP contribution in [0.25, 0.3) is 0 Å². The van der Waals surface area contributed by atoms with Gasteiger partial charge in [-0.1, -0.05) is 39.0 Å². The monoisotopic (exact) mass is 275 g/mol. The van der Waals surface area contributed by atoms with E-state index >= 15 is 0 Å². The molecule has 1 aliphatic rings. The van der Waals surface area contributed by atoms with Gasteiger partial charge in [0.05, 0.1) is 0 Å². The van der Waals surface area contributed by atoms with E-state index in [4.69, 9.17) is 5.14 Å². The molecule has 0 aliphatic carbocycles. The predicted molar refractivity (Wildman–Crippen MR) is 73.9 cm³/mol. The van der Waals surface area contributed by atoms with Gasteiger partial charge in [0.25, 0.3) is 0 Å². The van der Waals surface area contributed by atoms with Crippen molar-refractivity contribution in [1.82, 2.24) is 9.80 Å². The van der Waals surface area contributed by atoms with E-state index in [1.54, 1.807) is 29.2 Å². The second-order valence-corrected chi connectivity index (χ2v) is 6.48. The van der Waals surface area contributed by atoms with Gasteiger partial charge in [-0.2, -0.15) is 0 Å². The fourth-order valence-electron chi connectivity index (χ4n) is 2.25. The van der Waals surface area contributed by atoms with Crippen LogP contribution in [0.4, 0.5) is 0 Å². The van der Waals surface area contributed by atoms with Crippen LogP contribution in [0.2, 0.25) is 0 Å². The Morgan fingerprint density at radius 2 is 1.72 bits per heavy atom. The third-order valence-corrected chi connectivity index (χ3v) is 4.38. The number of unbranched alkanes of at least 4 members (excludes halogenated alkanes) is 5. The summed E-state index contributed by atoms with van der Waals surface area (Å²) in [4.78, 5) is 3.43. The topological polar surface area (TPSA) is 66.6 Å². The van der Waals surface area contributed by atoms with Crippen LogP contribution in [-0.2, 0) is 10.0 Å². The van der Waals surface area contributed by atoms with Crippen molar-refractivity contribution in [1.29, 1.82) is 0 Å². The van der Waals surface area contributed by atoms with Crippen molar-refractivity contribution in [2.75, 3.05) is 13.6 Å². The van der Waals surface area contributed by atoms with E-state index in [1.807, 2.05) is 0 Å². The van der Waals surface area contributed by atoms with Crippen LogP contribution in [0.15, 0.2) is 12.4 Å². The summed E-state index contributed by atoms with van der Waals surface area (Å²) in [5, 5.41) is 5.24. The van der Waals surface area contributed by atoms with Gasteiger partial charge >= 0.3 is 0 Å². The smallest absolute Gasteiger partial charge is 0.249 e. The van der Waals surface area contributed by atoms with Gasteiger partial charge in [-0.25, -0.2) is 13.6 Å². The molecular formula is C12H25N3O2S. The summed E-state index contributed by atoms with van der Waals surface area (Å²) < 4.78 is 23.0. The van der Waals surface area contributed by atoms with Crippen LogP contribution >= 0.6 is 0 Å². The van der Waals surface area contributed by atoms with Crippen molar-refractivity contribution in [2.45, 2.75) is 50.9 Å². The van der Waals surface area contributed by atoms with Crippen molar-refractivity contribution in [2.24, 2.45) is 5.14 Å². The quantitative estimate of drug-likeness (QED) is 0.684. The number of sulfonamides is 1. The minimum Gasteiger partial charge on any atom is -0.346 e. The SMILES string of the molecule is CCCCCCCCN1C=CN(C)C1S(N)(=O)=O. The number of nitrogens with zero attached hydrogens (tertiary/aromatic N) is 2. The molecule has 5 nitrogen and oxygen atoms in total. The van der Waals surface area contributed by atoms with Crippen LogP contribution in [-0.4, -0.2) is 37.3 Å². The molecule has 0 aromatic carbocycles. The highest BCUT2D eigenvalue weighted by Crippen LogP contribution is 2.18. The molecule has 0 spiro atoms. The first-order chi connectivity index (χ1) is 8.46. The van der Waals surface area contributed by atoms with Crippen molar-refractivity contribution in [3.05, 3.63) is 12.4 Å². The second-order valence-electron chi connectivity index (χ2n) is 4.88. The van der Waals surface area contributed by atoms with Crippen LogP contribution in [0.1, 0.15) is 45.4 Å². The first kappa shape index (κ1) is 15.3. The first-order valence-corrected chi connectivity index (χ1v) is 8.25. The standard InChI is InChI=1S/C12H25N3O2S/c1-3-4-5-6-7-8-9-15-11-10-14(2)12(15)18(13,16)17/h10-12H,3-9H2,1-2H3,(H2,13,16,17). The van der Waals surface area contributed by atoms with Crippen LogP contribution in [0.3, 0.4) is 0 Å². The molecule has 0 fully saturated rings. The van der Waals surface area contributed by atoms with Crippen molar-refractivity contribution in [3.8, 4) is 0 Å². The summed E-state index contributed by atoms with van der Waals surface area (Å²) >= 11 is 0. The zero-order valence-electron chi connectivity index (χ0n) is 11.4. The van der Waals surface area contributed by atoms with Gasteiger partial charge in [0.15, 0.2) is 0 Å². The number of hydrogen-bond acceptors (Lipinski definition) is 4. The Kier molecular flexibility index (Phi) is 5.95. The molecule has 1 heterocycles. The second kappa shape index (κ2) is 6.99. The van der Waals surface area contributed by atoms with E-state index in [-0.39, 0.29) is 0 Å². The summed E-state index contributed by atoms with van der Waals surface area (Å²) in [6.07, 6.45) is 10.7. The Hall–Kier alpha value is -0.750. The van der Waals surface area contributed by atoms with Crippen LogP contribution < -0.4 is 5.14 Å². The normalized spacial score (nSPS) is 19.8. The molecule has 1 rings (SSSR count). The Bertz CT molecular complexity index is 368. The molecule has 6 heteroatoms. The molecular weight excluding hydrogens is 250 g/mol. The van der Waals surface area contributed by atoms with E-state index in [1.165, 1.54) is 25.7 Å². The molecule has 0 saturated carbocycles. The highest BCUT2D eigenvalue weighted by molar-refractivity contribution is 7.89.